The molecule has 2 rings (SSSR count). The largest absolute Gasteiger partial charge is 0.484 e. The van der Waals surface area contributed by atoms with Gasteiger partial charge in [-0.3, -0.25) is 9.59 Å². The molecule has 0 spiro atoms. The third-order valence-corrected chi connectivity index (χ3v) is 4.87. The molecule has 1 saturated heterocycles. The van der Waals surface area contributed by atoms with Crippen molar-refractivity contribution >= 4 is 21.7 Å². The molecule has 0 aliphatic carbocycles. The van der Waals surface area contributed by atoms with Crippen molar-refractivity contribution in [3.8, 4) is 5.75 Å². The first-order valence-electron chi connectivity index (χ1n) is 6.38. The highest BCUT2D eigenvalue weighted by Crippen LogP contribution is 2.13. The van der Waals surface area contributed by atoms with E-state index in [0.29, 0.717) is 17.7 Å². The van der Waals surface area contributed by atoms with Crippen LogP contribution in [0.3, 0.4) is 0 Å². The molecule has 1 aromatic carbocycles. The van der Waals surface area contributed by atoms with Crippen LogP contribution in [-0.4, -0.2) is 44.4 Å². The molecule has 7 nitrogen and oxygen atoms in total. The summed E-state index contributed by atoms with van der Waals surface area (Å²) in [5, 5.41) is 2.62. The molecule has 0 radical (unpaired) electrons. The number of primary amides is 1. The van der Waals surface area contributed by atoms with E-state index in [1.165, 1.54) is 24.3 Å². The molecule has 21 heavy (non-hydrogen) atoms. The number of hydrogen-bond acceptors (Lipinski definition) is 5. The van der Waals surface area contributed by atoms with Crippen molar-refractivity contribution in [1.82, 2.24) is 5.32 Å². The van der Waals surface area contributed by atoms with Gasteiger partial charge in [0.05, 0.1) is 11.5 Å². The summed E-state index contributed by atoms with van der Waals surface area (Å²) < 4.78 is 27.8. The zero-order valence-electron chi connectivity index (χ0n) is 11.2. The summed E-state index contributed by atoms with van der Waals surface area (Å²) in [6.45, 7) is -0.216. The molecule has 0 aromatic heterocycles. The second-order valence-electron chi connectivity index (χ2n) is 4.84. The molecule has 0 saturated carbocycles. The molecule has 1 atom stereocenters. The van der Waals surface area contributed by atoms with Crippen molar-refractivity contribution < 1.29 is 22.7 Å². The van der Waals surface area contributed by atoms with Gasteiger partial charge in [0.15, 0.2) is 16.4 Å². The SMILES string of the molecule is NC(=O)c1ccc(OCC(=O)N[C@H]2CCS(=O)(=O)C2)cc1. The van der Waals surface area contributed by atoms with E-state index in [9.17, 15) is 18.0 Å². The predicted molar refractivity (Wildman–Crippen MR) is 75.7 cm³/mol. The first-order chi connectivity index (χ1) is 9.85. The predicted octanol–water partition coefficient (Wildman–Crippen LogP) is -0.532. The highest BCUT2D eigenvalue weighted by molar-refractivity contribution is 7.91. The van der Waals surface area contributed by atoms with Crippen molar-refractivity contribution in [2.45, 2.75) is 12.5 Å². The summed E-state index contributed by atoms with van der Waals surface area (Å²) in [5.74, 6) is -0.411. The maximum Gasteiger partial charge on any atom is 0.258 e. The van der Waals surface area contributed by atoms with Crippen LogP contribution in [0, 0.1) is 0 Å². The minimum atomic E-state index is -3.02. The normalized spacial score (nSPS) is 19.9. The van der Waals surface area contributed by atoms with Gasteiger partial charge in [0.25, 0.3) is 5.91 Å². The van der Waals surface area contributed by atoms with Gasteiger partial charge in [-0.2, -0.15) is 0 Å². The van der Waals surface area contributed by atoms with Crippen LogP contribution >= 0.6 is 0 Å². The zero-order chi connectivity index (χ0) is 15.5. The monoisotopic (exact) mass is 312 g/mol. The number of nitrogens with two attached hydrogens (primary N) is 1. The Morgan fingerprint density at radius 1 is 1.29 bits per heavy atom. The molecule has 114 valence electrons. The molecule has 0 bridgehead atoms. The molecule has 3 N–H and O–H groups in total. The molecule has 2 amide bonds. The quantitative estimate of drug-likeness (QED) is 0.758. The Balaban J connectivity index is 1.80. The fraction of sp³-hybridized carbons (Fsp3) is 0.385. The van der Waals surface area contributed by atoms with Gasteiger partial charge in [-0.1, -0.05) is 0 Å². The van der Waals surface area contributed by atoms with Gasteiger partial charge in [0, 0.05) is 11.6 Å². The second-order valence-corrected chi connectivity index (χ2v) is 7.07. The number of nitrogens with one attached hydrogen (secondary N) is 1. The van der Waals surface area contributed by atoms with E-state index in [0.717, 1.165) is 0 Å². The lowest BCUT2D eigenvalue weighted by Gasteiger charge is -2.11. The van der Waals surface area contributed by atoms with E-state index in [1.54, 1.807) is 0 Å². The maximum absolute atomic E-state index is 11.7. The number of carbonyl (C=O) groups excluding carboxylic acids is 2. The number of ether oxygens (including phenoxy) is 1. The average molecular weight is 312 g/mol. The Morgan fingerprint density at radius 2 is 1.95 bits per heavy atom. The van der Waals surface area contributed by atoms with Crippen LogP contribution in [0.5, 0.6) is 5.75 Å². The Bertz CT molecular complexity index is 639. The van der Waals surface area contributed by atoms with Gasteiger partial charge in [0.1, 0.15) is 5.75 Å². The van der Waals surface area contributed by atoms with E-state index in [1.807, 2.05) is 0 Å². The van der Waals surface area contributed by atoms with Crippen molar-refractivity contribution in [3.63, 3.8) is 0 Å². The highest BCUT2D eigenvalue weighted by Gasteiger charge is 2.28. The van der Waals surface area contributed by atoms with Gasteiger partial charge in [-0.15, -0.1) is 0 Å². The topological polar surface area (TPSA) is 116 Å². The summed E-state index contributed by atoms with van der Waals surface area (Å²) in [7, 11) is -3.02. The van der Waals surface area contributed by atoms with Crippen molar-refractivity contribution in [3.05, 3.63) is 29.8 Å². The van der Waals surface area contributed by atoms with E-state index < -0.39 is 15.7 Å². The fourth-order valence-electron chi connectivity index (χ4n) is 2.04. The number of carbonyl (C=O) groups is 2. The molecular formula is C13H16N2O5S. The average Bonchev–Trinajstić information content (AvgIpc) is 2.76. The van der Waals surface area contributed by atoms with Gasteiger partial charge in [0.2, 0.25) is 5.91 Å². The number of sulfone groups is 1. The van der Waals surface area contributed by atoms with Crippen LogP contribution in [0.4, 0.5) is 0 Å². The molecule has 8 heteroatoms. The molecule has 0 unspecified atom stereocenters. The molecule has 1 aliphatic rings. The zero-order valence-corrected chi connectivity index (χ0v) is 12.1. The Kier molecular flexibility index (Phi) is 4.46. The first-order valence-corrected chi connectivity index (χ1v) is 8.20. The number of rotatable bonds is 5. The number of amides is 2. The minimum absolute atomic E-state index is 0.0218. The van der Waals surface area contributed by atoms with Crippen molar-refractivity contribution in [2.75, 3.05) is 18.1 Å². The molecule has 1 aromatic rings. The van der Waals surface area contributed by atoms with Crippen molar-refractivity contribution in [2.24, 2.45) is 5.73 Å². The maximum atomic E-state index is 11.7. The van der Waals surface area contributed by atoms with Crippen LogP contribution in [0.15, 0.2) is 24.3 Å². The number of hydrogen-bond donors (Lipinski definition) is 2. The second kappa shape index (κ2) is 6.13. The third-order valence-electron chi connectivity index (χ3n) is 3.11. The summed E-state index contributed by atoms with van der Waals surface area (Å²) in [6, 6.07) is 5.72. The molecular weight excluding hydrogens is 296 g/mol. The minimum Gasteiger partial charge on any atom is -0.484 e. The van der Waals surface area contributed by atoms with Crippen LogP contribution < -0.4 is 15.8 Å². The summed E-state index contributed by atoms with van der Waals surface area (Å²) in [5.41, 5.74) is 5.46. The van der Waals surface area contributed by atoms with Crippen LogP contribution in [0.25, 0.3) is 0 Å². The summed E-state index contributed by atoms with van der Waals surface area (Å²) in [4.78, 5) is 22.5. The van der Waals surface area contributed by atoms with Crippen LogP contribution in [-0.2, 0) is 14.6 Å². The lowest BCUT2D eigenvalue weighted by Crippen LogP contribution is -2.38. The van der Waals surface area contributed by atoms with Crippen molar-refractivity contribution in [1.29, 1.82) is 0 Å². The Morgan fingerprint density at radius 3 is 2.48 bits per heavy atom. The van der Waals surface area contributed by atoms with Crippen LogP contribution in [0.2, 0.25) is 0 Å². The fourth-order valence-corrected chi connectivity index (χ4v) is 3.72. The van der Waals surface area contributed by atoms with E-state index in [2.05, 4.69) is 5.32 Å². The Hall–Kier alpha value is -2.09. The van der Waals surface area contributed by atoms with E-state index in [-0.39, 0.29) is 30.1 Å². The van der Waals surface area contributed by atoms with E-state index in [4.69, 9.17) is 10.5 Å². The number of benzene rings is 1. The highest BCUT2D eigenvalue weighted by atomic mass is 32.2. The third kappa shape index (κ3) is 4.45. The van der Waals surface area contributed by atoms with Gasteiger partial charge < -0.3 is 15.8 Å². The molecule has 1 heterocycles. The lowest BCUT2D eigenvalue weighted by atomic mass is 10.2. The summed E-state index contributed by atoms with van der Waals surface area (Å²) >= 11 is 0. The lowest BCUT2D eigenvalue weighted by molar-refractivity contribution is -0.123. The smallest absolute Gasteiger partial charge is 0.258 e. The Labute approximate surface area is 122 Å². The van der Waals surface area contributed by atoms with Gasteiger partial charge >= 0.3 is 0 Å². The standard InChI is InChI=1S/C13H16N2O5S/c14-13(17)9-1-3-11(4-2-9)20-7-12(16)15-10-5-6-21(18,19)8-10/h1-4,10H,5-8H2,(H2,14,17)(H,15,16)/t10-/m0/s1. The van der Waals surface area contributed by atoms with E-state index >= 15 is 0 Å². The van der Waals surface area contributed by atoms with Gasteiger partial charge in [-0.05, 0) is 30.7 Å². The molecule has 1 aliphatic heterocycles. The molecule has 1 fully saturated rings. The van der Waals surface area contributed by atoms with Gasteiger partial charge in [-0.25, -0.2) is 8.42 Å². The summed E-state index contributed by atoms with van der Waals surface area (Å²) in [6.07, 6.45) is 0.432. The van der Waals surface area contributed by atoms with Crippen LogP contribution in [0.1, 0.15) is 16.8 Å². The first kappa shape index (κ1) is 15.3.